The molecule has 2 heterocycles. The molecule has 0 bridgehead atoms. The second kappa shape index (κ2) is 10.0. The summed E-state index contributed by atoms with van der Waals surface area (Å²) < 4.78 is 10.1. The summed E-state index contributed by atoms with van der Waals surface area (Å²) in [5.74, 6) is 0.562. The van der Waals surface area contributed by atoms with Crippen LogP contribution in [0.25, 0.3) is 0 Å². The van der Waals surface area contributed by atoms with Crippen molar-refractivity contribution in [3.05, 3.63) is 24.3 Å². The minimum atomic E-state index is -0.308. The Labute approximate surface area is 142 Å². The van der Waals surface area contributed by atoms with Gasteiger partial charge in [0.2, 0.25) is 0 Å². The summed E-state index contributed by atoms with van der Waals surface area (Å²) in [6.07, 6.45) is 5.76. The van der Waals surface area contributed by atoms with Gasteiger partial charge in [0.1, 0.15) is 12.4 Å². The fourth-order valence-electron chi connectivity index (χ4n) is 2.41. The zero-order valence-electron chi connectivity index (χ0n) is 12.2. The van der Waals surface area contributed by atoms with Crippen molar-refractivity contribution in [2.45, 2.75) is 25.8 Å². The van der Waals surface area contributed by atoms with Gasteiger partial charge >= 0.3 is 5.97 Å². The Kier molecular flexibility index (Phi) is 8.70. The van der Waals surface area contributed by atoms with Crippen molar-refractivity contribution in [1.82, 2.24) is 14.9 Å². The highest BCUT2D eigenvalue weighted by atomic mass is 127. The van der Waals surface area contributed by atoms with Crippen molar-refractivity contribution < 1.29 is 14.3 Å². The standard InChI is InChI=1S/C14H21N3O3.HI/c1-2-20-13(18)11-19-10-9-17-8-3-5-12(17)14-15-6-4-7-16-14;/h4,6-7,12H,2-3,5,8-11H2,1H3;1H. The third-order valence-electron chi connectivity index (χ3n) is 3.30. The number of ether oxygens (including phenoxy) is 2. The van der Waals surface area contributed by atoms with Crippen LogP contribution < -0.4 is 0 Å². The molecule has 0 spiro atoms. The maximum atomic E-state index is 11.1. The number of likely N-dealkylation sites (tertiary alicyclic amines) is 1. The zero-order chi connectivity index (χ0) is 14.2. The average Bonchev–Trinajstić information content (AvgIpc) is 2.93. The van der Waals surface area contributed by atoms with Gasteiger partial charge in [-0.25, -0.2) is 14.8 Å². The SMILES string of the molecule is CCOC(=O)COCCN1CCCC1c1ncccn1.I. The molecule has 7 heteroatoms. The number of nitrogens with zero attached hydrogens (tertiary/aromatic N) is 3. The van der Waals surface area contributed by atoms with Crippen molar-refractivity contribution in [2.75, 3.05) is 32.9 Å². The van der Waals surface area contributed by atoms with Gasteiger partial charge in [-0.15, -0.1) is 24.0 Å². The molecule has 1 atom stereocenters. The predicted octanol–water partition coefficient (Wildman–Crippen LogP) is 1.81. The van der Waals surface area contributed by atoms with Gasteiger partial charge in [-0.3, -0.25) is 4.90 Å². The average molecular weight is 407 g/mol. The van der Waals surface area contributed by atoms with E-state index < -0.39 is 0 Å². The van der Waals surface area contributed by atoms with Crippen LogP contribution in [0.1, 0.15) is 31.6 Å². The first-order chi connectivity index (χ1) is 9.81. The quantitative estimate of drug-likeness (QED) is 0.390. The van der Waals surface area contributed by atoms with Gasteiger partial charge in [0.25, 0.3) is 0 Å². The lowest BCUT2D eigenvalue weighted by molar-refractivity contribution is -0.148. The minimum absolute atomic E-state index is 0. The van der Waals surface area contributed by atoms with E-state index in [1.807, 2.05) is 6.07 Å². The fourth-order valence-corrected chi connectivity index (χ4v) is 2.41. The second-order valence-corrected chi connectivity index (χ2v) is 4.66. The third-order valence-corrected chi connectivity index (χ3v) is 3.30. The molecular weight excluding hydrogens is 385 g/mol. The molecule has 0 radical (unpaired) electrons. The Balaban J connectivity index is 0.00000220. The topological polar surface area (TPSA) is 64.6 Å². The summed E-state index contributed by atoms with van der Waals surface area (Å²) in [6, 6.07) is 2.09. The lowest BCUT2D eigenvalue weighted by Gasteiger charge is -2.22. The first-order valence-corrected chi connectivity index (χ1v) is 7.05. The van der Waals surface area contributed by atoms with Crippen LogP contribution in [0.15, 0.2) is 18.5 Å². The van der Waals surface area contributed by atoms with Gasteiger partial charge in [-0.1, -0.05) is 0 Å². The number of rotatable bonds is 7. The van der Waals surface area contributed by atoms with Gasteiger partial charge in [0.05, 0.1) is 19.3 Å². The van der Waals surface area contributed by atoms with Gasteiger partial charge in [-0.05, 0) is 32.4 Å². The largest absolute Gasteiger partial charge is 0.464 e. The highest BCUT2D eigenvalue weighted by Gasteiger charge is 2.27. The van der Waals surface area contributed by atoms with Crippen molar-refractivity contribution in [1.29, 1.82) is 0 Å². The lowest BCUT2D eigenvalue weighted by atomic mass is 10.2. The third kappa shape index (κ3) is 5.84. The molecule has 21 heavy (non-hydrogen) atoms. The number of esters is 1. The lowest BCUT2D eigenvalue weighted by Crippen LogP contribution is -2.29. The van der Waals surface area contributed by atoms with E-state index in [0.29, 0.717) is 13.2 Å². The molecule has 118 valence electrons. The Morgan fingerprint density at radius 2 is 2.19 bits per heavy atom. The van der Waals surface area contributed by atoms with E-state index in [9.17, 15) is 4.79 Å². The molecule has 0 saturated carbocycles. The van der Waals surface area contributed by atoms with Crippen LogP contribution in [0, 0.1) is 0 Å². The molecule has 2 rings (SSSR count). The minimum Gasteiger partial charge on any atom is -0.464 e. The van der Waals surface area contributed by atoms with E-state index in [2.05, 4.69) is 14.9 Å². The maximum absolute atomic E-state index is 11.1. The Morgan fingerprint density at radius 3 is 2.90 bits per heavy atom. The summed E-state index contributed by atoms with van der Waals surface area (Å²) in [5.41, 5.74) is 0. The van der Waals surface area contributed by atoms with Gasteiger partial charge in [0, 0.05) is 18.9 Å². The molecular formula is C14H22IN3O3. The van der Waals surface area contributed by atoms with Crippen molar-refractivity contribution in [3.63, 3.8) is 0 Å². The summed E-state index contributed by atoms with van der Waals surface area (Å²) in [4.78, 5) is 22.1. The maximum Gasteiger partial charge on any atom is 0.332 e. The van der Waals surface area contributed by atoms with Crippen molar-refractivity contribution in [2.24, 2.45) is 0 Å². The van der Waals surface area contributed by atoms with E-state index in [1.165, 1.54) is 0 Å². The monoisotopic (exact) mass is 407 g/mol. The highest BCUT2D eigenvalue weighted by molar-refractivity contribution is 14.0. The van der Waals surface area contributed by atoms with Crippen LogP contribution in [-0.2, 0) is 14.3 Å². The smallest absolute Gasteiger partial charge is 0.332 e. The molecule has 1 aromatic heterocycles. The Hall–Kier alpha value is -0.800. The molecule has 0 aromatic carbocycles. The number of halogens is 1. The molecule has 1 aliphatic rings. The summed E-state index contributed by atoms with van der Waals surface area (Å²) in [5, 5.41) is 0. The number of aromatic nitrogens is 2. The number of hydrogen-bond acceptors (Lipinski definition) is 6. The number of carbonyl (C=O) groups excluding carboxylic acids is 1. The van der Waals surface area contributed by atoms with Crippen LogP contribution in [0.5, 0.6) is 0 Å². The Bertz CT molecular complexity index is 419. The van der Waals surface area contributed by atoms with Crippen LogP contribution in [0.2, 0.25) is 0 Å². The molecule has 1 unspecified atom stereocenters. The number of hydrogen-bond donors (Lipinski definition) is 0. The van der Waals surface area contributed by atoms with Crippen LogP contribution in [-0.4, -0.2) is 53.7 Å². The van der Waals surface area contributed by atoms with E-state index in [-0.39, 0.29) is 42.6 Å². The summed E-state index contributed by atoms with van der Waals surface area (Å²) >= 11 is 0. The van der Waals surface area contributed by atoms with Crippen molar-refractivity contribution >= 4 is 29.9 Å². The molecule has 1 aromatic rings. The number of carbonyl (C=O) groups is 1. The van der Waals surface area contributed by atoms with Gasteiger partial charge in [-0.2, -0.15) is 0 Å². The van der Waals surface area contributed by atoms with Gasteiger partial charge < -0.3 is 9.47 Å². The molecule has 0 N–H and O–H groups in total. The molecule has 1 fully saturated rings. The molecule has 0 aliphatic carbocycles. The van der Waals surface area contributed by atoms with E-state index in [1.54, 1.807) is 19.3 Å². The Morgan fingerprint density at radius 1 is 1.43 bits per heavy atom. The van der Waals surface area contributed by atoms with E-state index >= 15 is 0 Å². The van der Waals surface area contributed by atoms with E-state index in [0.717, 1.165) is 31.8 Å². The van der Waals surface area contributed by atoms with Crippen LogP contribution in [0.4, 0.5) is 0 Å². The molecule has 1 saturated heterocycles. The first-order valence-electron chi connectivity index (χ1n) is 7.05. The van der Waals surface area contributed by atoms with Gasteiger partial charge in [0.15, 0.2) is 0 Å². The van der Waals surface area contributed by atoms with Crippen molar-refractivity contribution in [3.8, 4) is 0 Å². The highest BCUT2D eigenvalue weighted by Crippen LogP contribution is 2.28. The molecule has 0 amide bonds. The predicted molar refractivity (Wildman–Crippen MR) is 88.4 cm³/mol. The fraction of sp³-hybridized carbons (Fsp3) is 0.643. The zero-order valence-corrected chi connectivity index (χ0v) is 14.6. The first kappa shape index (κ1) is 18.2. The summed E-state index contributed by atoms with van der Waals surface area (Å²) in [6.45, 7) is 4.51. The summed E-state index contributed by atoms with van der Waals surface area (Å²) in [7, 11) is 0. The van der Waals surface area contributed by atoms with Crippen LogP contribution in [0.3, 0.4) is 0 Å². The van der Waals surface area contributed by atoms with Crippen LogP contribution >= 0.6 is 24.0 Å². The molecule has 1 aliphatic heterocycles. The second-order valence-electron chi connectivity index (χ2n) is 4.66. The molecule has 6 nitrogen and oxygen atoms in total. The van der Waals surface area contributed by atoms with E-state index in [4.69, 9.17) is 9.47 Å². The normalized spacial score (nSPS) is 18.2.